The molecule has 0 unspecified atom stereocenters. The van der Waals surface area contributed by atoms with Crippen molar-refractivity contribution in [1.29, 1.82) is 0 Å². The molecule has 2 N–H and O–H groups in total. The van der Waals surface area contributed by atoms with Crippen molar-refractivity contribution in [2.75, 3.05) is 25.6 Å². The number of hydrogen-bond donors (Lipinski definition) is 2. The van der Waals surface area contributed by atoms with Gasteiger partial charge in [-0.3, -0.25) is 4.79 Å². The summed E-state index contributed by atoms with van der Waals surface area (Å²) >= 11 is 6.11. The Balaban J connectivity index is 2.10. The van der Waals surface area contributed by atoms with Crippen LogP contribution in [0.25, 0.3) is 0 Å². The van der Waals surface area contributed by atoms with Crippen LogP contribution in [0.2, 0.25) is 5.02 Å². The van der Waals surface area contributed by atoms with Gasteiger partial charge in [-0.15, -0.1) is 0 Å². The highest BCUT2D eigenvalue weighted by Crippen LogP contribution is 2.28. The van der Waals surface area contributed by atoms with E-state index in [1.165, 1.54) is 12.1 Å². The lowest BCUT2D eigenvalue weighted by atomic mass is 10.2. The van der Waals surface area contributed by atoms with Crippen molar-refractivity contribution in [3.8, 4) is 5.75 Å². The van der Waals surface area contributed by atoms with Crippen LogP contribution in [-0.2, 0) is 11.2 Å². The number of amides is 1. The minimum atomic E-state index is -1.14. The van der Waals surface area contributed by atoms with Crippen LogP contribution in [0.4, 0.5) is 5.69 Å². The predicted octanol–water partition coefficient (Wildman–Crippen LogP) is 3.47. The van der Waals surface area contributed by atoms with E-state index >= 15 is 0 Å². The molecule has 2 aromatic rings. The number of carboxylic acids is 1. The number of methoxy groups -OCH3 is 1. The van der Waals surface area contributed by atoms with Crippen molar-refractivity contribution in [3.63, 3.8) is 0 Å². The zero-order valence-electron chi connectivity index (χ0n) is 13.8. The van der Waals surface area contributed by atoms with Crippen LogP contribution in [0.3, 0.4) is 0 Å². The van der Waals surface area contributed by atoms with Crippen LogP contribution in [0.1, 0.15) is 33.6 Å². The maximum atomic E-state index is 12.2. The molecule has 25 heavy (non-hydrogen) atoms. The molecule has 0 aliphatic heterocycles. The average Bonchev–Trinajstić information content (AvgIpc) is 3.02. The summed E-state index contributed by atoms with van der Waals surface area (Å²) in [6.45, 7) is 2.53. The van der Waals surface area contributed by atoms with E-state index in [1.807, 2.05) is 0 Å². The van der Waals surface area contributed by atoms with Crippen molar-refractivity contribution in [2.24, 2.45) is 0 Å². The summed E-state index contributed by atoms with van der Waals surface area (Å²) in [5, 5.41) is 12.0. The highest BCUT2D eigenvalue weighted by molar-refractivity contribution is 6.32. The maximum absolute atomic E-state index is 12.2. The van der Waals surface area contributed by atoms with E-state index in [9.17, 15) is 9.59 Å². The van der Waals surface area contributed by atoms with Gasteiger partial charge in [0.1, 0.15) is 23.7 Å². The number of carboxylic acid groups (broad SMARTS) is 1. The molecule has 0 saturated heterocycles. The Bertz CT molecular complexity index is 770. The Morgan fingerprint density at radius 3 is 2.60 bits per heavy atom. The number of hydrogen-bond acceptors (Lipinski definition) is 5. The highest BCUT2D eigenvalue weighted by Gasteiger charge is 2.20. The molecule has 0 atom stereocenters. The highest BCUT2D eigenvalue weighted by atomic mass is 35.5. The summed E-state index contributed by atoms with van der Waals surface area (Å²) in [5.74, 6) is -1.06. The average molecular weight is 368 g/mol. The first-order valence-corrected chi connectivity index (χ1v) is 7.92. The number of halogens is 1. The van der Waals surface area contributed by atoms with E-state index in [-0.39, 0.29) is 17.1 Å². The van der Waals surface area contributed by atoms with Crippen LogP contribution in [-0.4, -0.2) is 37.3 Å². The molecule has 1 aromatic heterocycles. The van der Waals surface area contributed by atoms with Crippen molar-refractivity contribution >= 4 is 29.2 Å². The Hall–Kier alpha value is -2.51. The Morgan fingerprint density at radius 1 is 1.28 bits per heavy atom. The monoisotopic (exact) mass is 367 g/mol. The third-order valence-corrected chi connectivity index (χ3v) is 3.61. The van der Waals surface area contributed by atoms with Crippen LogP contribution in [0.15, 0.2) is 28.7 Å². The Kier molecular flexibility index (Phi) is 6.44. The van der Waals surface area contributed by atoms with E-state index in [4.69, 9.17) is 30.6 Å². The second-order valence-electron chi connectivity index (χ2n) is 5.05. The molecule has 0 radical (unpaired) electrons. The standard InChI is InChI=1S/C17H18ClNO6/c1-3-13-11(17(21)22)9-15(25-13)16(20)19-10-4-5-14(12(18)8-10)24-7-6-23-2/h4-5,8-9H,3,6-7H2,1-2H3,(H,19,20)(H,21,22). The lowest BCUT2D eigenvalue weighted by Crippen LogP contribution is -2.11. The lowest BCUT2D eigenvalue weighted by Gasteiger charge is -2.09. The molecule has 0 aliphatic carbocycles. The molecule has 0 spiro atoms. The van der Waals surface area contributed by atoms with Crippen molar-refractivity contribution < 1.29 is 28.6 Å². The Morgan fingerprint density at radius 2 is 2.04 bits per heavy atom. The largest absolute Gasteiger partial charge is 0.490 e. The zero-order chi connectivity index (χ0) is 18.4. The fourth-order valence-electron chi connectivity index (χ4n) is 2.11. The van der Waals surface area contributed by atoms with Crippen molar-refractivity contribution in [3.05, 3.63) is 46.4 Å². The number of furan rings is 1. The van der Waals surface area contributed by atoms with Crippen LogP contribution >= 0.6 is 11.6 Å². The van der Waals surface area contributed by atoms with E-state index in [0.717, 1.165) is 0 Å². The first-order valence-electron chi connectivity index (χ1n) is 7.54. The fourth-order valence-corrected chi connectivity index (χ4v) is 2.34. The minimum Gasteiger partial charge on any atom is -0.490 e. The van der Waals surface area contributed by atoms with Gasteiger partial charge < -0.3 is 24.3 Å². The summed E-state index contributed by atoms with van der Waals surface area (Å²) < 4.78 is 15.6. The number of anilines is 1. The van der Waals surface area contributed by atoms with Crippen molar-refractivity contribution in [2.45, 2.75) is 13.3 Å². The first kappa shape index (κ1) is 18.8. The number of aryl methyl sites for hydroxylation is 1. The summed E-state index contributed by atoms with van der Waals surface area (Å²) in [7, 11) is 1.57. The molecule has 134 valence electrons. The topological polar surface area (TPSA) is 98.0 Å². The molecule has 0 saturated carbocycles. The van der Waals surface area contributed by atoms with Crippen molar-refractivity contribution in [1.82, 2.24) is 0 Å². The molecule has 1 aromatic carbocycles. The minimum absolute atomic E-state index is 0.0208. The third kappa shape index (κ3) is 4.74. The molecule has 8 heteroatoms. The van der Waals surface area contributed by atoms with Gasteiger partial charge in [0.15, 0.2) is 5.76 Å². The molecule has 1 amide bonds. The van der Waals surface area contributed by atoms with E-state index < -0.39 is 11.9 Å². The van der Waals surface area contributed by atoms with Gasteiger partial charge in [0.2, 0.25) is 0 Å². The molecule has 7 nitrogen and oxygen atoms in total. The van der Waals surface area contributed by atoms with Crippen LogP contribution in [0.5, 0.6) is 5.75 Å². The van der Waals surface area contributed by atoms with E-state index in [0.29, 0.717) is 36.1 Å². The fraction of sp³-hybridized carbons (Fsp3) is 0.294. The number of carbonyl (C=O) groups is 2. The predicted molar refractivity (Wildman–Crippen MR) is 91.8 cm³/mol. The quantitative estimate of drug-likeness (QED) is 0.693. The molecule has 0 fully saturated rings. The van der Waals surface area contributed by atoms with Gasteiger partial charge >= 0.3 is 5.97 Å². The van der Waals surface area contributed by atoms with E-state index in [2.05, 4.69) is 5.32 Å². The van der Waals surface area contributed by atoms with Gasteiger partial charge in [0, 0.05) is 25.3 Å². The second kappa shape index (κ2) is 8.55. The molecule has 1 heterocycles. The zero-order valence-corrected chi connectivity index (χ0v) is 14.6. The SMILES string of the molecule is CCc1oc(C(=O)Nc2ccc(OCCOC)c(Cl)c2)cc1C(=O)O. The molecular weight excluding hydrogens is 350 g/mol. The summed E-state index contributed by atoms with van der Waals surface area (Å²) in [6.07, 6.45) is 0.369. The smallest absolute Gasteiger partial charge is 0.339 e. The molecule has 0 bridgehead atoms. The van der Waals surface area contributed by atoms with Crippen LogP contribution in [0, 0.1) is 0 Å². The second-order valence-corrected chi connectivity index (χ2v) is 5.45. The normalized spacial score (nSPS) is 10.5. The molecular formula is C17H18ClNO6. The van der Waals surface area contributed by atoms with Gasteiger partial charge in [-0.2, -0.15) is 0 Å². The number of aromatic carboxylic acids is 1. The van der Waals surface area contributed by atoms with Gasteiger partial charge in [0.25, 0.3) is 5.91 Å². The number of carbonyl (C=O) groups excluding carboxylic acids is 1. The van der Waals surface area contributed by atoms with Gasteiger partial charge in [-0.05, 0) is 18.2 Å². The summed E-state index contributed by atoms with van der Waals surface area (Å²) in [4.78, 5) is 23.4. The van der Waals surface area contributed by atoms with Gasteiger partial charge in [-0.1, -0.05) is 18.5 Å². The van der Waals surface area contributed by atoms with E-state index in [1.54, 1.807) is 26.2 Å². The van der Waals surface area contributed by atoms with Gasteiger partial charge in [0.05, 0.1) is 11.6 Å². The first-order chi connectivity index (χ1) is 12.0. The van der Waals surface area contributed by atoms with Gasteiger partial charge in [-0.25, -0.2) is 4.79 Å². The molecule has 2 rings (SSSR count). The summed E-state index contributed by atoms with van der Waals surface area (Å²) in [6, 6.07) is 5.98. The number of ether oxygens (including phenoxy) is 2. The molecule has 0 aliphatic rings. The number of rotatable bonds is 8. The maximum Gasteiger partial charge on any atom is 0.339 e. The number of benzene rings is 1. The lowest BCUT2D eigenvalue weighted by molar-refractivity contribution is 0.0694. The number of nitrogens with one attached hydrogen (secondary N) is 1. The Labute approximate surface area is 149 Å². The third-order valence-electron chi connectivity index (χ3n) is 3.32. The summed E-state index contributed by atoms with van der Waals surface area (Å²) in [5.41, 5.74) is 0.410. The van der Waals surface area contributed by atoms with Crippen LogP contribution < -0.4 is 10.1 Å².